The Hall–Kier alpha value is -1.53. The van der Waals surface area contributed by atoms with Gasteiger partial charge in [0.15, 0.2) is 0 Å². The first-order chi connectivity index (χ1) is 16.1. The first kappa shape index (κ1) is 25.6. The summed E-state index contributed by atoms with van der Waals surface area (Å²) >= 11 is 5.90. The summed E-state index contributed by atoms with van der Waals surface area (Å²) in [6, 6.07) is 4.05. The van der Waals surface area contributed by atoms with E-state index >= 15 is 0 Å². The van der Waals surface area contributed by atoms with E-state index < -0.39 is 40.0 Å². The van der Waals surface area contributed by atoms with Crippen molar-refractivity contribution in [2.75, 3.05) is 45.9 Å². The number of aliphatic hydroxyl groups is 1. The van der Waals surface area contributed by atoms with Crippen LogP contribution in [0.15, 0.2) is 29.2 Å². The van der Waals surface area contributed by atoms with Gasteiger partial charge in [-0.1, -0.05) is 18.0 Å². The largest absolute Gasteiger partial charge is 0.448 e. The summed E-state index contributed by atoms with van der Waals surface area (Å²) in [7, 11) is -4.11. The fraction of sp³-hybridized carbons (Fsp3) is 0.682. The number of piperazine rings is 1. The minimum atomic E-state index is -4.11. The quantitative estimate of drug-likeness (QED) is 0.593. The van der Waals surface area contributed by atoms with Gasteiger partial charge in [0, 0.05) is 56.1 Å². The molecule has 0 bridgehead atoms. The van der Waals surface area contributed by atoms with Crippen molar-refractivity contribution in [1.82, 2.24) is 14.1 Å². The van der Waals surface area contributed by atoms with E-state index in [1.54, 1.807) is 4.90 Å². The first-order valence-electron chi connectivity index (χ1n) is 11.6. The summed E-state index contributed by atoms with van der Waals surface area (Å²) in [6.07, 6.45) is 0.441. The van der Waals surface area contributed by atoms with Crippen molar-refractivity contribution in [2.45, 2.75) is 48.6 Å². The van der Waals surface area contributed by atoms with Crippen LogP contribution in [0.2, 0.25) is 5.02 Å². The van der Waals surface area contributed by atoms with Crippen molar-refractivity contribution in [1.29, 1.82) is 0 Å². The number of hydrogen-bond donors (Lipinski definition) is 1. The molecule has 3 atom stereocenters. The standard InChI is InChI=1S/C22H30ClF2N3O5S/c23-16-4-6-18(7-5-16)34(31,32)28-17(2-1-3-20(28)19-14-22(19,24)25)15-33-21(30)27-10-8-26(9-11-27)12-13-29/h4-7,17,19-20,29H,1-3,8-15H2/t17-,19?,20+/m0/s1. The fourth-order valence-electron chi connectivity index (χ4n) is 4.93. The van der Waals surface area contributed by atoms with Gasteiger partial charge in [-0.3, -0.25) is 4.90 Å². The average Bonchev–Trinajstić information content (AvgIpc) is 3.46. The van der Waals surface area contributed by atoms with Crippen LogP contribution in [-0.4, -0.2) is 97.7 Å². The van der Waals surface area contributed by atoms with Gasteiger partial charge in [0.25, 0.3) is 5.92 Å². The number of β-amino-alcohol motifs (C(OH)–C–C–N with tert-alkyl or cyclic N) is 1. The molecule has 4 rings (SSSR count). The monoisotopic (exact) mass is 521 g/mol. The Morgan fingerprint density at radius 1 is 1.15 bits per heavy atom. The SMILES string of the molecule is O=C(OC[C@@H]1CCC[C@H](C2CC2(F)F)N1S(=O)(=O)c1ccc(Cl)cc1)N1CCN(CCO)CC1. The third-order valence-corrected chi connectivity index (χ3v) is 9.14. The van der Waals surface area contributed by atoms with E-state index in [1.807, 2.05) is 4.90 Å². The lowest BCUT2D eigenvalue weighted by Gasteiger charge is -2.41. The maximum Gasteiger partial charge on any atom is 0.409 e. The number of piperidine rings is 1. The summed E-state index contributed by atoms with van der Waals surface area (Å²) in [6.45, 7) is 2.47. The number of hydrogen-bond acceptors (Lipinski definition) is 6. The third kappa shape index (κ3) is 5.48. The Bertz CT molecular complexity index is 973. The summed E-state index contributed by atoms with van der Waals surface area (Å²) in [4.78, 5) is 16.2. The zero-order valence-electron chi connectivity index (χ0n) is 18.8. The molecular weight excluding hydrogens is 492 g/mol. The molecule has 0 spiro atoms. The van der Waals surface area contributed by atoms with E-state index in [2.05, 4.69) is 0 Å². The maximum absolute atomic E-state index is 14.0. The molecule has 8 nitrogen and oxygen atoms in total. The predicted octanol–water partition coefficient (Wildman–Crippen LogP) is 2.65. The Morgan fingerprint density at radius 2 is 1.79 bits per heavy atom. The molecule has 2 aliphatic heterocycles. The lowest BCUT2D eigenvalue weighted by atomic mass is 9.95. The number of rotatable bonds is 7. The van der Waals surface area contributed by atoms with Gasteiger partial charge >= 0.3 is 6.09 Å². The van der Waals surface area contributed by atoms with Gasteiger partial charge in [0.05, 0.1) is 17.5 Å². The second-order valence-electron chi connectivity index (χ2n) is 9.14. The smallest absolute Gasteiger partial charge is 0.409 e. The molecule has 34 heavy (non-hydrogen) atoms. The van der Waals surface area contributed by atoms with Gasteiger partial charge < -0.3 is 14.7 Å². The minimum absolute atomic E-state index is 0.0240. The highest BCUT2D eigenvalue weighted by atomic mass is 35.5. The summed E-state index contributed by atoms with van der Waals surface area (Å²) in [5.41, 5.74) is 0. The number of amides is 1. The van der Waals surface area contributed by atoms with Crippen LogP contribution in [0.5, 0.6) is 0 Å². The number of aliphatic hydroxyl groups excluding tert-OH is 1. The van der Waals surface area contributed by atoms with Crippen molar-refractivity contribution < 1.29 is 31.8 Å². The summed E-state index contributed by atoms with van der Waals surface area (Å²) < 4.78 is 61.8. The number of nitrogens with zero attached hydrogens (tertiary/aromatic N) is 3. The van der Waals surface area contributed by atoms with Crippen molar-refractivity contribution in [3.05, 3.63) is 29.3 Å². The van der Waals surface area contributed by atoms with Crippen LogP contribution < -0.4 is 0 Å². The van der Waals surface area contributed by atoms with E-state index in [0.717, 1.165) is 4.31 Å². The average molecular weight is 522 g/mol. The highest BCUT2D eigenvalue weighted by Gasteiger charge is 2.63. The molecule has 3 fully saturated rings. The normalized spacial score (nSPS) is 28.0. The van der Waals surface area contributed by atoms with Gasteiger partial charge in [-0.2, -0.15) is 4.31 Å². The number of halogens is 3. The third-order valence-electron chi connectivity index (χ3n) is 6.90. The predicted molar refractivity (Wildman–Crippen MR) is 121 cm³/mol. The first-order valence-corrected chi connectivity index (χ1v) is 13.4. The number of alkyl halides is 2. The van der Waals surface area contributed by atoms with Crippen LogP contribution in [0.25, 0.3) is 0 Å². The molecule has 1 amide bonds. The topological polar surface area (TPSA) is 90.4 Å². The number of ether oxygens (including phenoxy) is 1. The lowest BCUT2D eigenvalue weighted by molar-refractivity contribution is 0.0301. The second-order valence-corrected chi connectivity index (χ2v) is 11.4. The number of carbonyl (C=O) groups excluding carboxylic acids is 1. The summed E-state index contributed by atoms with van der Waals surface area (Å²) in [5.74, 6) is -3.92. The van der Waals surface area contributed by atoms with Crippen molar-refractivity contribution in [3.63, 3.8) is 0 Å². The lowest BCUT2D eigenvalue weighted by Crippen LogP contribution is -2.54. The fourth-order valence-corrected chi connectivity index (χ4v) is 6.95. The molecule has 12 heteroatoms. The molecule has 3 aliphatic rings. The second kappa shape index (κ2) is 10.2. The van der Waals surface area contributed by atoms with Gasteiger partial charge in [0.2, 0.25) is 10.0 Å². The van der Waals surface area contributed by atoms with E-state index in [4.69, 9.17) is 21.4 Å². The van der Waals surface area contributed by atoms with Crippen molar-refractivity contribution in [3.8, 4) is 0 Å². The molecule has 0 aromatic heterocycles. The molecule has 2 saturated heterocycles. The van der Waals surface area contributed by atoms with Gasteiger partial charge in [-0.15, -0.1) is 0 Å². The number of sulfonamides is 1. The molecular formula is C22H30ClF2N3O5S. The number of benzene rings is 1. The van der Waals surface area contributed by atoms with E-state index in [0.29, 0.717) is 57.0 Å². The van der Waals surface area contributed by atoms with Crippen LogP contribution in [0.4, 0.5) is 13.6 Å². The van der Waals surface area contributed by atoms with E-state index in [1.165, 1.54) is 24.3 Å². The molecule has 1 N–H and O–H groups in total. The Labute approximate surface area is 203 Å². The van der Waals surface area contributed by atoms with Crippen molar-refractivity contribution >= 4 is 27.7 Å². The van der Waals surface area contributed by atoms with Crippen LogP contribution >= 0.6 is 11.6 Å². The van der Waals surface area contributed by atoms with E-state index in [9.17, 15) is 22.0 Å². The molecule has 2 heterocycles. The minimum Gasteiger partial charge on any atom is -0.448 e. The van der Waals surface area contributed by atoms with Crippen LogP contribution in [0, 0.1) is 5.92 Å². The Balaban J connectivity index is 1.48. The molecule has 1 aromatic rings. The van der Waals surface area contributed by atoms with Crippen LogP contribution in [-0.2, 0) is 14.8 Å². The van der Waals surface area contributed by atoms with Crippen LogP contribution in [0.3, 0.4) is 0 Å². The van der Waals surface area contributed by atoms with Crippen LogP contribution in [0.1, 0.15) is 25.7 Å². The molecule has 190 valence electrons. The Morgan fingerprint density at radius 3 is 2.38 bits per heavy atom. The molecule has 0 radical (unpaired) electrons. The molecule has 1 saturated carbocycles. The summed E-state index contributed by atoms with van der Waals surface area (Å²) in [5, 5.41) is 9.42. The maximum atomic E-state index is 14.0. The molecule has 1 aliphatic carbocycles. The molecule has 1 aromatic carbocycles. The van der Waals surface area contributed by atoms with Crippen molar-refractivity contribution in [2.24, 2.45) is 5.92 Å². The molecule has 1 unspecified atom stereocenters. The van der Waals surface area contributed by atoms with E-state index in [-0.39, 0.29) is 24.5 Å². The van der Waals surface area contributed by atoms with Gasteiger partial charge in [0.1, 0.15) is 6.61 Å². The Kier molecular flexibility index (Phi) is 7.68. The zero-order valence-corrected chi connectivity index (χ0v) is 20.4. The van der Waals surface area contributed by atoms with Gasteiger partial charge in [-0.05, 0) is 37.1 Å². The van der Waals surface area contributed by atoms with Gasteiger partial charge in [-0.25, -0.2) is 22.0 Å². The highest BCUT2D eigenvalue weighted by Crippen LogP contribution is 2.54. The zero-order chi connectivity index (χ0) is 24.5. The highest BCUT2D eigenvalue weighted by molar-refractivity contribution is 7.89. The number of carbonyl (C=O) groups is 1.